The van der Waals surface area contributed by atoms with Crippen LogP contribution in [-0.4, -0.2) is 63.5 Å². The molecule has 2 aromatic heterocycles. The molecule has 0 aliphatic carbocycles. The third kappa shape index (κ3) is 5.49. The topological polar surface area (TPSA) is 126 Å². The first-order valence-electron chi connectivity index (χ1n) is 12.6. The molecule has 3 aromatic rings. The van der Waals surface area contributed by atoms with Crippen molar-refractivity contribution in [1.29, 1.82) is 5.41 Å². The van der Waals surface area contributed by atoms with Gasteiger partial charge in [-0.15, -0.1) is 0 Å². The minimum atomic E-state index is -4.70. The van der Waals surface area contributed by atoms with E-state index in [0.717, 1.165) is 6.34 Å². The zero-order chi connectivity index (χ0) is 29.2. The van der Waals surface area contributed by atoms with Crippen molar-refractivity contribution < 1.29 is 22.7 Å². The fraction of sp³-hybridized carbons (Fsp3) is 0.370. The van der Waals surface area contributed by atoms with Gasteiger partial charge in [0.25, 0.3) is 5.91 Å². The van der Waals surface area contributed by atoms with Crippen LogP contribution in [0.15, 0.2) is 41.7 Å². The van der Waals surface area contributed by atoms with E-state index in [-0.39, 0.29) is 48.2 Å². The lowest BCUT2D eigenvalue weighted by Gasteiger charge is -2.35. The summed E-state index contributed by atoms with van der Waals surface area (Å²) >= 11 is 0. The number of aromatic nitrogens is 3. The molecule has 4 rings (SSSR count). The van der Waals surface area contributed by atoms with Crippen LogP contribution in [0.5, 0.6) is 5.75 Å². The number of guanidine groups is 1. The lowest BCUT2D eigenvalue weighted by molar-refractivity contribution is -0.141. The number of fused-ring (bicyclic) bond motifs is 1. The van der Waals surface area contributed by atoms with Crippen LogP contribution in [0.25, 0.3) is 11.1 Å². The molecule has 0 bridgehead atoms. The van der Waals surface area contributed by atoms with Gasteiger partial charge < -0.3 is 15.4 Å². The summed E-state index contributed by atoms with van der Waals surface area (Å²) in [5.74, 6) is 0.312. The molecule has 0 fully saturated rings. The van der Waals surface area contributed by atoms with Gasteiger partial charge in [0, 0.05) is 49.7 Å². The number of ether oxygens (including phenoxy) is 1. The number of nitrogens with zero attached hydrogens (tertiary/aromatic N) is 6. The maximum Gasteiger partial charge on any atom is 0.435 e. The highest BCUT2D eigenvalue weighted by Crippen LogP contribution is 2.41. The normalized spacial score (nSPS) is 14.6. The van der Waals surface area contributed by atoms with Gasteiger partial charge in [-0.1, -0.05) is 0 Å². The number of hydrogen-bond donors (Lipinski definition) is 2. The van der Waals surface area contributed by atoms with E-state index < -0.39 is 17.9 Å². The van der Waals surface area contributed by atoms with E-state index in [0.29, 0.717) is 29.0 Å². The quantitative estimate of drug-likeness (QED) is 0.318. The van der Waals surface area contributed by atoms with Gasteiger partial charge in [0.1, 0.15) is 5.75 Å². The van der Waals surface area contributed by atoms with Crippen LogP contribution in [0.1, 0.15) is 52.8 Å². The molecule has 1 aliphatic rings. The summed E-state index contributed by atoms with van der Waals surface area (Å²) in [7, 11) is 3.01. The third-order valence-corrected chi connectivity index (χ3v) is 6.96. The molecule has 0 saturated carbocycles. The number of carbonyl (C=O) groups excluding carboxylic acids is 1. The SMILES string of the molecule is CCn1cc(-c2cc(CN(C=N)C(N)=NC)cc3c2CCN([C@@H](C)c2cc(OC)ccn2)C3=O)c(C(F)(F)F)n1. The first-order chi connectivity index (χ1) is 19.0. The lowest BCUT2D eigenvalue weighted by Crippen LogP contribution is -2.40. The molecular formula is C27H31F3N8O2. The second-order valence-corrected chi connectivity index (χ2v) is 9.30. The molecule has 3 N–H and O–H groups in total. The van der Waals surface area contributed by atoms with E-state index in [2.05, 4.69) is 15.1 Å². The van der Waals surface area contributed by atoms with E-state index >= 15 is 0 Å². The Morgan fingerprint density at radius 2 is 2.02 bits per heavy atom. The smallest absolute Gasteiger partial charge is 0.435 e. The van der Waals surface area contributed by atoms with E-state index in [1.165, 1.54) is 22.8 Å². The number of halogens is 3. The second kappa shape index (κ2) is 11.4. The number of methoxy groups -OCH3 is 1. The molecular weight excluding hydrogens is 525 g/mol. The maximum absolute atomic E-state index is 14.1. The number of nitrogens with two attached hydrogens (primary N) is 1. The van der Waals surface area contributed by atoms with Gasteiger partial charge in [0.15, 0.2) is 11.7 Å². The number of nitrogens with one attached hydrogen (secondary N) is 1. The van der Waals surface area contributed by atoms with Crippen molar-refractivity contribution in [1.82, 2.24) is 24.6 Å². The van der Waals surface area contributed by atoms with Crippen molar-refractivity contribution in [2.24, 2.45) is 10.7 Å². The average molecular weight is 557 g/mol. The van der Waals surface area contributed by atoms with E-state index in [1.807, 2.05) is 6.92 Å². The van der Waals surface area contributed by atoms with E-state index in [1.54, 1.807) is 49.4 Å². The molecule has 40 heavy (non-hydrogen) atoms. The van der Waals surface area contributed by atoms with Gasteiger partial charge in [0.05, 0.1) is 31.7 Å². The Hall–Kier alpha value is -4.42. The monoisotopic (exact) mass is 556 g/mol. The van der Waals surface area contributed by atoms with Crippen LogP contribution in [0.2, 0.25) is 0 Å². The van der Waals surface area contributed by atoms with Crippen molar-refractivity contribution in [2.45, 2.75) is 45.6 Å². The molecule has 1 aliphatic heterocycles. The molecule has 212 valence electrons. The number of rotatable bonds is 8. The average Bonchev–Trinajstić information content (AvgIpc) is 3.40. The number of pyridine rings is 1. The summed E-state index contributed by atoms with van der Waals surface area (Å²) in [5, 5.41) is 11.5. The summed E-state index contributed by atoms with van der Waals surface area (Å²) in [4.78, 5) is 25.2. The molecule has 10 nitrogen and oxygen atoms in total. The molecule has 13 heteroatoms. The predicted octanol–water partition coefficient (Wildman–Crippen LogP) is 4.11. The fourth-order valence-electron chi connectivity index (χ4n) is 4.83. The Morgan fingerprint density at radius 1 is 1.30 bits per heavy atom. The zero-order valence-electron chi connectivity index (χ0n) is 22.7. The van der Waals surface area contributed by atoms with Crippen LogP contribution in [0.4, 0.5) is 13.2 Å². The molecule has 0 spiro atoms. The highest BCUT2D eigenvalue weighted by Gasteiger charge is 2.39. The number of aryl methyl sites for hydroxylation is 1. The summed E-state index contributed by atoms with van der Waals surface area (Å²) < 4.78 is 48.8. The number of hydrogen-bond acceptors (Lipinski definition) is 6. The van der Waals surface area contributed by atoms with Crippen molar-refractivity contribution in [3.63, 3.8) is 0 Å². The van der Waals surface area contributed by atoms with Gasteiger partial charge in [0.2, 0.25) is 0 Å². The molecule has 1 atom stereocenters. The molecule has 0 saturated heterocycles. The Bertz CT molecular complexity index is 1450. The zero-order valence-corrected chi connectivity index (χ0v) is 22.7. The fourth-order valence-corrected chi connectivity index (χ4v) is 4.83. The Kier molecular flexibility index (Phi) is 8.12. The molecule has 1 amide bonds. The maximum atomic E-state index is 14.1. The van der Waals surface area contributed by atoms with Crippen LogP contribution in [0.3, 0.4) is 0 Å². The Balaban J connectivity index is 1.87. The summed E-state index contributed by atoms with van der Waals surface area (Å²) in [6, 6.07) is 6.30. The number of amides is 1. The van der Waals surface area contributed by atoms with Crippen molar-refractivity contribution >= 4 is 18.2 Å². The minimum Gasteiger partial charge on any atom is -0.497 e. The standard InChI is InChI=1S/C27H31F3N8O2/c1-5-37-14-22(24(35-37)27(28,29)30)20-10-17(13-36(15-31)26(32)33-3)11-21-19(20)7-9-38(25(21)39)16(2)23-12-18(40-4)6-8-34-23/h6,8,10-12,14-16,31H,5,7,9,13H2,1-4H3,(H2,32,33)/t16-/m0/s1. The predicted molar refractivity (Wildman–Crippen MR) is 144 cm³/mol. The number of alkyl halides is 3. The van der Waals surface area contributed by atoms with Crippen LogP contribution in [0, 0.1) is 5.41 Å². The Labute approximate surface area is 229 Å². The van der Waals surface area contributed by atoms with Gasteiger partial charge in [-0.25, -0.2) is 0 Å². The first kappa shape index (κ1) is 28.6. The molecule has 0 unspecified atom stereocenters. The summed E-state index contributed by atoms with van der Waals surface area (Å²) in [5.41, 5.74) is 6.97. The second-order valence-electron chi connectivity index (χ2n) is 9.30. The summed E-state index contributed by atoms with van der Waals surface area (Å²) in [6.45, 7) is 4.10. The van der Waals surface area contributed by atoms with Gasteiger partial charge in [-0.2, -0.15) is 18.3 Å². The first-order valence-corrected chi connectivity index (χ1v) is 12.6. The van der Waals surface area contributed by atoms with Gasteiger partial charge in [-0.05, 0) is 55.2 Å². The number of benzene rings is 1. The number of carbonyl (C=O) groups is 1. The van der Waals surface area contributed by atoms with E-state index in [9.17, 15) is 18.0 Å². The Morgan fingerprint density at radius 3 is 2.65 bits per heavy atom. The van der Waals surface area contributed by atoms with Gasteiger partial charge in [-0.3, -0.25) is 29.8 Å². The largest absolute Gasteiger partial charge is 0.497 e. The van der Waals surface area contributed by atoms with Crippen LogP contribution >= 0.6 is 0 Å². The van der Waals surface area contributed by atoms with Crippen LogP contribution in [-0.2, 0) is 25.7 Å². The van der Waals surface area contributed by atoms with Gasteiger partial charge >= 0.3 is 6.18 Å². The number of aliphatic imine (C=N–C) groups is 1. The summed E-state index contributed by atoms with van der Waals surface area (Å²) in [6.07, 6.45) is -0.442. The van der Waals surface area contributed by atoms with Crippen molar-refractivity contribution in [3.05, 3.63) is 64.7 Å². The molecule has 1 aromatic carbocycles. The molecule has 3 heterocycles. The third-order valence-electron chi connectivity index (χ3n) is 6.96. The van der Waals surface area contributed by atoms with Crippen molar-refractivity contribution in [2.75, 3.05) is 20.7 Å². The van der Waals surface area contributed by atoms with Crippen LogP contribution < -0.4 is 10.5 Å². The van der Waals surface area contributed by atoms with E-state index in [4.69, 9.17) is 15.9 Å². The molecule has 0 radical (unpaired) electrons. The van der Waals surface area contributed by atoms with Crippen molar-refractivity contribution in [3.8, 4) is 16.9 Å². The lowest BCUT2D eigenvalue weighted by atomic mass is 9.87. The highest BCUT2D eigenvalue weighted by atomic mass is 19.4. The highest BCUT2D eigenvalue weighted by molar-refractivity contribution is 5.99. The minimum absolute atomic E-state index is 0.0243.